The largest absolute Gasteiger partial charge is 0.497 e. The molecule has 0 amide bonds. The standard InChI is InChI=1S/C9H12N2O3/c1-13-8-4-2-7(3-5-8)11-14-9(12)6-10/h2-5,11H,6,10H2,1H3. The molecule has 0 unspecified atom stereocenters. The lowest BCUT2D eigenvalue weighted by Gasteiger charge is -2.06. The molecule has 0 aliphatic heterocycles. The molecule has 3 N–H and O–H groups in total. The summed E-state index contributed by atoms with van der Waals surface area (Å²) < 4.78 is 4.96. The van der Waals surface area contributed by atoms with E-state index in [-0.39, 0.29) is 6.54 Å². The quantitative estimate of drug-likeness (QED) is 0.687. The van der Waals surface area contributed by atoms with E-state index in [4.69, 9.17) is 10.5 Å². The minimum atomic E-state index is -0.513. The highest BCUT2D eigenvalue weighted by Gasteiger charge is 1.98. The summed E-state index contributed by atoms with van der Waals surface area (Å²) in [6.45, 7) is -0.150. The third-order valence-corrected chi connectivity index (χ3v) is 1.54. The molecule has 5 nitrogen and oxygen atoms in total. The van der Waals surface area contributed by atoms with Crippen molar-refractivity contribution in [3.05, 3.63) is 24.3 Å². The van der Waals surface area contributed by atoms with Crippen LogP contribution in [0.25, 0.3) is 0 Å². The Morgan fingerprint density at radius 1 is 1.43 bits per heavy atom. The predicted molar refractivity (Wildman–Crippen MR) is 51.8 cm³/mol. The van der Waals surface area contributed by atoms with Gasteiger partial charge in [0.1, 0.15) is 5.75 Å². The van der Waals surface area contributed by atoms with Crippen LogP contribution in [0.3, 0.4) is 0 Å². The number of carbonyl (C=O) groups excluding carboxylic acids is 1. The molecule has 0 saturated carbocycles. The number of hydrogen-bond acceptors (Lipinski definition) is 5. The SMILES string of the molecule is COc1ccc(NOC(=O)CN)cc1. The van der Waals surface area contributed by atoms with E-state index in [1.54, 1.807) is 31.4 Å². The summed E-state index contributed by atoms with van der Waals surface area (Å²) in [6, 6.07) is 6.95. The molecule has 0 aliphatic carbocycles. The Labute approximate surface area is 81.8 Å². The van der Waals surface area contributed by atoms with Crippen molar-refractivity contribution in [2.75, 3.05) is 19.1 Å². The fraction of sp³-hybridized carbons (Fsp3) is 0.222. The Kier molecular flexibility index (Phi) is 3.75. The molecule has 0 aromatic heterocycles. The second kappa shape index (κ2) is 5.08. The van der Waals surface area contributed by atoms with E-state index < -0.39 is 5.97 Å². The second-order valence-corrected chi connectivity index (χ2v) is 2.51. The zero-order chi connectivity index (χ0) is 10.4. The smallest absolute Gasteiger partial charge is 0.345 e. The highest BCUT2D eigenvalue weighted by Crippen LogP contribution is 2.14. The van der Waals surface area contributed by atoms with Gasteiger partial charge in [-0.25, -0.2) is 10.3 Å². The third-order valence-electron chi connectivity index (χ3n) is 1.54. The average molecular weight is 196 g/mol. The molecule has 1 aromatic rings. The number of methoxy groups -OCH3 is 1. The van der Waals surface area contributed by atoms with E-state index >= 15 is 0 Å². The van der Waals surface area contributed by atoms with Gasteiger partial charge >= 0.3 is 5.97 Å². The van der Waals surface area contributed by atoms with Crippen LogP contribution in [-0.2, 0) is 9.63 Å². The first-order valence-electron chi connectivity index (χ1n) is 4.06. The molecule has 0 aliphatic rings. The lowest BCUT2D eigenvalue weighted by Crippen LogP contribution is -2.19. The van der Waals surface area contributed by atoms with Crippen molar-refractivity contribution in [2.24, 2.45) is 5.73 Å². The highest BCUT2D eigenvalue weighted by atomic mass is 16.7. The van der Waals surface area contributed by atoms with Crippen LogP contribution in [0.4, 0.5) is 5.69 Å². The minimum Gasteiger partial charge on any atom is -0.497 e. The third kappa shape index (κ3) is 2.95. The number of benzene rings is 1. The first-order chi connectivity index (χ1) is 6.76. The fourth-order valence-corrected chi connectivity index (χ4v) is 0.817. The van der Waals surface area contributed by atoms with Crippen LogP contribution in [-0.4, -0.2) is 19.6 Å². The molecular weight excluding hydrogens is 184 g/mol. The maximum atomic E-state index is 10.7. The Morgan fingerprint density at radius 2 is 2.07 bits per heavy atom. The van der Waals surface area contributed by atoms with Gasteiger partial charge in [-0.3, -0.25) is 0 Å². The minimum absolute atomic E-state index is 0.150. The zero-order valence-corrected chi connectivity index (χ0v) is 7.82. The first kappa shape index (κ1) is 10.3. The van der Waals surface area contributed by atoms with Crippen LogP contribution in [0.5, 0.6) is 5.75 Å². The van der Waals surface area contributed by atoms with Gasteiger partial charge in [-0.1, -0.05) is 0 Å². The molecule has 76 valence electrons. The highest BCUT2D eigenvalue weighted by molar-refractivity contribution is 5.72. The first-order valence-corrected chi connectivity index (χ1v) is 4.06. The van der Waals surface area contributed by atoms with Crippen LogP contribution >= 0.6 is 0 Å². The van der Waals surface area contributed by atoms with Gasteiger partial charge in [0.15, 0.2) is 0 Å². The van der Waals surface area contributed by atoms with Crippen molar-refractivity contribution in [3.63, 3.8) is 0 Å². The van der Waals surface area contributed by atoms with Crippen molar-refractivity contribution >= 4 is 11.7 Å². The summed E-state index contributed by atoms with van der Waals surface area (Å²) in [7, 11) is 1.58. The molecule has 0 bridgehead atoms. The maximum absolute atomic E-state index is 10.7. The van der Waals surface area contributed by atoms with Crippen molar-refractivity contribution in [2.45, 2.75) is 0 Å². The van der Waals surface area contributed by atoms with Gasteiger partial charge in [0.2, 0.25) is 0 Å². The lowest BCUT2D eigenvalue weighted by molar-refractivity contribution is -0.138. The zero-order valence-electron chi connectivity index (χ0n) is 7.82. The van der Waals surface area contributed by atoms with Crippen LogP contribution in [0.2, 0.25) is 0 Å². The molecule has 0 spiro atoms. The van der Waals surface area contributed by atoms with Crippen LogP contribution in [0.1, 0.15) is 0 Å². The Bertz CT molecular complexity index is 297. The number of carbonyl (C=O) groups is 1. The summed E-state index contributed by atoms with van der Waals surface area (Å²) in [4.78, 5) is 15.3. The molecule has 1 aromatic carbocycles. The molecule has 1 rings (SSSR count). The summed E-state index contributed by atoms with van der Waals surface area (Å²) >= 11 is 0. The van der Waals surface area contributed by atoms with Gasteiger partial charge in [-0.15, -0.1) is 0 Å². The van der Waals surface area contributed by atoms with E-state index in [0.29, 0.717) is 5.69 Å². The van der Waals surface area contributed by atoms with Gasteiger partial charge in [0.25, 0.3) is 0 Å². The van der Waals surface area contributed by atoms with E-state index in [1.165, 1.54) is 0 Å². The number of anilines is 1. The summed E-state index contributed by atoms with van der Waals surface area (Å²) in [5.41, 5.74) is 8.17. The van der Waals surface area contributed by atoms with Gasteiger partial charge in [-0.2, -0.15) is 0 Å². The molecule has 0 radical (unpaired) electrons. The number of hydrogen-bond donors (Lipinski definition) is 2. The molecule has 0 fully saturated rings. The van der Waals surface area contributed by atoms with Crippen LogP contribution in [0, 0.1) is 0 Å². The van der Waals surface area contributed by atoms with Gasteiger partial charge < -0.3 is 15.3 Å². The number of nitrogens with one attached hydrogen (secondary N) is 1. The Balaban J connectivity index is 2.47. The fourth-order valence-electron chi connectivity index (χ4n) is 0.817. The van der Waals surface area contributed by atoms with Crippen molar-refractivity contribution in [1.29, 1.82) is 0 Å². The summed E-state index contributed by atoms with van der Waals surface area (Å²) in [5.74, 6) is 0.224. The van der Waals surface area contributed by atoms with Crippen LogP contribution < -0.4 is 16.0 Å². The van der Waals surface area contributed by atoms with Crippen LogP contribution in [0.15, 0.2) is 24.3 Å². The molecule has 0 saturated heterocycles. The second-order valence-electron chi connectivity index (χ2n) is 2.51. The summed E-state index contributed by atoms with van der Waals surface area (Å²) in [5, 5.41) is 0. The van der Waals surface area contributed by atoms with E-state index in [9.17, 15) is 4.79 Å². The monoisotopic (exact) mass is 196 g/mol. The Morgan fingerprint density at radius 3 is 2.57 bits per heavy atom. The molecule has 0 atom stereocenters. The predicted octanol–water partition coefficient (Wildman–Crippen LogP) is 0.524. The summed E-state index contributed by atoms with van der Waals surface area (Å²) in [6.07, 6.45) is 0. The molecule has 5 heteroatoms. The van der Waals surface area contributed by atoms with Crippen molar-refractivity contribution in [3.8, 4) is 5.75 Å². The van der Waals surface area contributed by atoms with Gasteiger partial charge in [0.05, 0.1) is 19.3 Å². The van der Waals surface area contributed by atoms with Crippen molar-refractivity contribution in [1.82, 2.24) is 0 Å². The van der Waals surface area contributed by atoms with Crippen molar-refractivity contribution < 1.29 is 14.4 Å². The lowest BCUT2D eigenvalue weighted by atomic mass is 10.3. The average Bonchev–Trinajstić information content (AvgIpc) is 2.26. The van der Waals surface area contributed by atoms with E-state index in [0.717, 1.165) is 5.75 Å². The number of ether oxygens (including phenoxy) is 1. The van der Waals surface area contributed by atoms with E-state index in [1.807, 2.05) is 0 Å². The Hall–Kier alpha value is -1.75. The maximum Gasteiger partial charge on any atom is 0.345 e. The topological polar surface area (TPSA) is 73.6 Å². The normalized spacial score (nSPS) is 9.29. The number of nitrogens with two attached hydrogens (primary N) is 1. The molecule has 14 heavy (non-hydrogen) atoms. The van der Waals surface area contributed by atoms with E-state index in [2.05, 4.69) is 10.3 Å². The molecular formula is C9H12N2O3. The van der Waals surface area contributed by atoms with Gasteiger partial charge in [0, 0.05) is 0 Å². The van der Waals surface area contributed by atoms with Gasteiger partial charge in [-0.05, 0) is 24.3 Å². The number of rotatable bonds is 4. The molecule has 0 heterocycles.